The van der Waals surface area contributed by atoms with Gasteiger partial charge in [-0.05, 0) is 44.4 Å². The molecule has 0 atom stereocenters. The lowest BCUT2D eigenvalue weighted by molar-refractivity contribution is -0.126. The van der Waals surface area contributed by atoms with Gasteiger partial charge in [-0.25, -0.2) is 8.42 Å². The van der Waals surface area contributed by atoms with E-state index in [0.717, 1.165) is 5.56 Å². The number of nitrogens with zero attached hydrogens (tertiary/aromatic N) is 2. The Bertz CT molecular complexity index is 1020. The third kappa shape index (κ3) is 4.01. The molecule has 0 spiro atoms. The van der Waals surface area contributed by atoms with Crippen LogP contribution in [0, 0.1) is 19.8 Å². The summed E-state index contributed by atoms with van der Waals surface area (Å²) in [5, 5.41) is 6.69. The minimum Gasteiger partial charge on any atom is -0.486 e. The molecule has 4 rings (SSSR count). The topological polar surface area (TPSA) is 111 Å². The quantitative estimate of drug-likeness (QED) is 0.762. The molecule has 162 valence electrons. The van der Waals surface area contributed by atoms with Crippen molar-refractivity contribution >= 4 is 15.9 Å². The van der Waals surface area contributed by atoms with Crippen LogP contribution < -0.4 is 14.8 Å². The molecule has 0 radical (unpaired) electrons. The van der Waals surface area contributed by atoms with E-state index < -0.39 is 10.0 Å². The van der Waals surface area contributed by atoms with E-state index in [4.69, 9.17) is 14.0 Å². The Kier molecular flexibility index (Phi) is 5.70. The molecular weight excluding hydrogens is 410 g/mol. The Morgan fingerprint density at radius 2 is 1.87 bits per heavy atom. The maximum atomic E-state index is 12.9. The molecule has 2 aliphatic rings. The predicted octanol–water partition coefficient (Wildman–Crippen LogP) is 1.78. The third-order valence-electron chi connectivity index (χ3n) is 5.46. The number of fused-ring (bicyclic) bond motifs is 1. The van der Waals surface area contributed by atoms with Crippen LogP contribution in [-0.4, -0.2) is 50.1 Å². The second-order valence-electron chi connectivity index (χ2n) is 7.53. The van der Waals surface area contributed by atoms with Crippen LogP contribution in [0.15, 0.2) is 27.6 Å². The van der Waals surface area contributed by atoms with Gasteiger partial charge in [0, 0.05) is 25.6 Å². The first kappa shape index (κ1) is 20.7. The molecular formula is C20H25N3O6S. The number of rotatable bonds is 5. The highest BCUT2D eigenvalue weighted by atomic mass is 32.2. The fourth-order valence-corrected chi connectivity index (χ4v) is 5.62. The number of ether oxygens (including phenoxy) is 2. The summed E-state index contributed by atoms with van der Waals surface area (Å²) in [7, 11) is -3.67. The summed E-state index contributed by atoms with van der Waals surface area (Å²) in [4.78, 5) is 12.7. The van der Waals surface area contributed by atoms with E-state index in [-0.39, 0.29) is 35.6 Å². The number of carbonyl (C=O) groups excluding carboxylic acids is 1. The number of hydrogen-bond donors (Lipinski definition) is 1. The summed E-state index contributed by atoms with van der Waals surface area (Å²) in [5.41, 5.74) is 1.28. The van der Waals surface area contributed by atoms with Crippen LogP contribution in [0.1, 0.15) is 29.9 Å². The largest absolute Gasteiger partial charge is 0.486 e. The van der Waals surface area contributed by atoms with Gasteiger partial charge in [0.1, 0.15) is 23.8 Å². The van der Waals surface area contributed by atoms with Crippen molar-refractivity contribution in [2.75, 3.05) is 26.3 Å². The Hall–Kier alpha value is -2.59. The highest BCUT2D eigenvalue weighted by Crippen LogP contribution is 2.31. The zero-order valence-electron chi connectivity index (χ0n) is 17.0. The van der Waals surface area contributed by atoms with E-state index in [1.165, 1.54) is 4.31 Å². The van der Waals surface area contributed by atoms with Crippen molar-refractivity contribution in [1.29, 1.82) is 0 Å². The maximum Gasteiger partial charge on any atom is 0.248 e. The number of sulfonamides is 1. The highest BCUT2D eigenvalue weighted by Gasteiger charge is 2.35. The monoisotopic (exact) mass is 435 g/mol. The van der Waals surface area contributed by atoms with E-state index in [0.29, 0.717) is 49.8 Å². The SMILES string of the molecule is Cc1noc(C)c1S(=O)(=O)N1CCC(C(=O)NCc2ccc3c(c2)OCCO3)CC1. The van der Waals surface area contributed by atoms with Crippen LogP contribution in [0.5, 0.6) is 11.5 Å². The molecule has 0 bridgehead atoms. The molecule has 9 nitrogen and oxygen atoms in total. The zero-order chi connectivity index (χ0) is 21.3. The molecule has 2 aromatic rings. The van der Waals surface area contributed by atoms with E-state index in [1.807, 2.05) is 18.2 Å². The summed E-state index contributed by atoms with van der Waals surface area (Å²) < 4.78 is 43.3. The predicted molar refractivity (Wildman–Crippen MR) is 107 cm³/mol. The number of piperidine rings is 1. The second kappa shape index (κ2) is 8.27. The maximum absolute atomic E-state index is 12.9. The first-order valence-electron chi connectivity index (χ1n) is 9.95. The number of carbonyl (C=O) groups is 1. The number of amides is 1. The summed E-state index contributed by atoms with van der Waals surface area (Å²) >= 11 is 0. The van der Waals surface area contributed by atoms with Gasteiger partial charge in [-0.2, -0.15) is 4.31 Å². The molecule has 1 fully saturated rings. The van der Waals surface area contributed by atoms with Gasteiger partial charge in [0.05, 0.1) is 0 Å². The number of nitrogens with one attached hydrogen (secondary N) is 1. The van der Waals surface area contributed by atoms with Gasteiger partial charge in [-0.15, -0.1) is 0 Å². The van der Waals surface area contributed by atoms with E-state index in [9.17, 15) is 13.2 Å². The van der Waals surface area contributed by atoms with E-state index in [1.54, 1.807) is 13.8 Å². The lowest BCUT2D eigenvalue weighted by Crippen LogP contribution is -2.43. The number of aromatic nitrogens is 1. The average Bonchev–Trinajstić information content (AvgIpc) is 3.10. The van der Waals surface area contributed by atoms with Crippen molar-refractivity contribution in [3.8, 4) is 11.5 Å². The smallest absolute Gasteiger partial charge is 0.248 e. The Labute approximate surface area is 175 Å². The second-order valence-corrected chi connectivity index (χ2v) is 9.40. The van der Waals surface area contributed by atoms with Gasteiger partial charge in [-0.3, -0.25) is 4.79 Å². The van der Waals surface area contributed by atoms with Gasteiger partial charge in [0.2, 0.25) is 15.9 Å². The fourth-order valence-electron chi connectivity index (χ4n) is 3.86. The van der Waals surface area contributed by atoms with Crippen molar-refractivity contribution < 1.29 is 27.2 Å². The molecule has 30 heavy (non-hydrogen) atoms. The summed E-state index contributed by atoms with van der Waals surface area (Å²) in [6.07, 6.45) is 0.936. The first-order valence-corrected chi connectivity index (χ1v) is 11.4. The molecule has 1 aromatic carbocycles. The van der Waals surface area contributed by atoms with Gasteiger partial charge in [0.15, 0.2) is 17.3 Å². The number of benzene rings is 1. The van der Waals surface area contributed by atoms with Gasteiger partial charge >= 0.3 is 0 Å². The van der Waals surface area contributed by atoms with E-state index in [2.05, 4.69) is 10.5 Å². The standard InChI is InChI=1S/C20H25N3O6S/c1-13-19(14(2)29-22-13)30(25,26)23-7-5-16(6-8-23)20(24)21-12-15-3-4-17-18(11-15)28-10-9-27-17/h3-4,11,16H,5-10,12H2,1-2H3,(H,21,24). The zero-order valence-corrected chi connectivity index (χ0v) is 17.8. The summed E-state index contributed by atoms with van der Waals surface area (Å²) in [6.45, 7) is 5.20. The Morgan fingerprint density at radius 1 is 1.17 bits per heavy atom. The van der Waals surface area contributed by atoms with Crippen LogP contribution in [0.3, 0.4) is 0 Å². The molecule has 10 heteroatoms. The lowest BCUT2D eigenvalue weighted by Gasteiger charge is -2.30. The lowest BCUT2D eigenvalue weighted by atomic mass is 9.97. The average molecular weight is 436 g/mol. The molecule has 0 unspecified atom stereocenters. The van der Waals surface area contributed by atoms with Gasteiger partial charge in [-0.1, -0.05) is 11.2 Å². The molecule has 1 N–H and O–H groups in total. The van der Waals surface area contributed by atoms with Crippen LogP contribution in [0.25, 0.3) is 0 Å². The van der Waals surface area contributed by atoms with Gasteiger partial charge < -0.3 is 19.3 Å². The molecule has 0 saturated carbocycles. The van der Waals surface area contributed by atoms with Crippen molar-refractivity contribution in [2.45, 2.75) is 38.1 Å². The van der Waals surface area contributed by atoms with Crippen molar-refractivity contribution in [3.63, 3.8) is 0 Å². The van der Waals surface area contributed by atoms with Crippen LogP contribution >= 0.6 is 0 Å². The molecule has 1 saturated heterocycles. The minimum absolute atomic E-state index is 0.0701. The Balaban J connectivity index is 1.32. The van der Waals surface area contributed by atoms with Crippen molar-refractivity contribution in [3.05, 3.63) is 35.2 Å². The molecule has 3 heterocycles. The minimum atomic E-state index is -3.67. The van der Waals surface area contributed by atoms with Crippen LogP contribution in [0.4, 0.5) is 0 Å². The highest BCUT2D eigenvalue weighted by molar-refractivity contribution is 7.89. The molecule has 1 aromatic heterocycles. The molecule has 0 aliphatic carbocycles. The third-order valence-corrected chi connectivity index (χ3v) is 7.61. The number of hydrogen-bond acceptors (Lipinski definition) is 7. The van der Waals surface area contributed by atoms with Crippen LogP contribution in [0.2, 0.25) is 0 Å². The summed E-state index contributed by atoms with van der Waals surface area (Å²) in [6, 6.07) is 5.61. The van der Waals surface area contributed by atoms with Crippen LogP contribution in [-0.2, 0) is 21.4 Å². The van der Waals surface area contributed by atoms with E-state index >= 15 is 0 Å². The molecule has 1 amide bonds. The number of aryl methyl sites for hydroxylation is 2. The van der Waals surface area contributed by atoms with Crippen molar-refractivity contribution in [1.82, 2.24) is 14.8 Å². The fraction of sp³-hybridized carbons (Fsp3) is 0.500. The summed E-state index contributed by atoms with van der Waals surface area (Å²) in [5.74, 6) is 1.39. The molecule has 2 aliphatic heterocycles. The van der Waals surface area contributed by atoms with Gasteiger partial charge in [0.25, 0.3) is 0 Å². The Morgan fingerprint density at radius 3 is 2.53 bits per heavy atom. The normalized spacial score (nSPS) is 17.7. The van der Waals surface area contributed by atoms with Crippen molar-refractivity contribution in [2.24, 2.45) is 5.92 Å². The first-order chi connectivity index (χ1) is 14.4.